The van der Waals surface area contributed by atoms with Crippen molar-refractivity contribution in [1.82, 2.24) is 0 Å². The zero-order valence-corrected chi connectivity index (χ0v) is 9.34. The molecule has 0 radical (unpaired) electrons. The molecule has 1 rings (SSSR count). The zero-order valence-electron chi connectivity index (χ0n) is 7.75. The lowest BCUT2D eigenvalue weighted by molar-refractivity contribution is 0.269. The second kappa shape index (κ2) is 4.63. The van der Waals surface area contributed by atoms with E-state index in [-0.39, 0.29) is 12.5 Å². The Balaban J connectivity index is 3.14. The number of ether oxygens (including phenoxy) is 1. The monoisotopic (exact) mass is 244 g/mol. The normalized spacial score (nSPS) is 12.6. The molecule has 0 amide bonds. The summed E-state index contributed by atoms with van der Waals surface area (Å²) in [5, 5.41) is 9.06. The summed E-state index contributed by atoms with van der Waals surface area (Å²) in [7, 11) is 1.63. The lowest BCUT2D eigenvalue weighted by Crippen LogP contribution is -2.02. The minimum atomic E-state index is 0.0884. The van der Waals surface area contributed by atoms with Crippen molar-refractivity contribution in [2.45, 2.75) is 12.8 Å². The third kappa shape index (κ3) is 2.23. The summed E-state index contributed by atoms with van der Waals surface area (Å²) in [6.45, 7) is 2.08. The largest absolute Gasteiger partial charge is 0.496 e. The van der Waals surface area contributed by atoms with Crippen molar-refractivity contribution >= 4 is 15.9 Å². The summed E-state index contributed by atoms with van der Waals surface area (Å²) in [4.78, 5) is 0. The molecule has 0 saturated carbocycles. The van der Waals surface area contributed by atoms with Crippen LogP contribution < -0.4 is 4.74 Å². The van der Waals surface area contributed by atoms with E-state index in [1.807, 2.05) is 25.1 Å². The standard InChI is InChI=1S/C10H13BrO2/c1-7(6-12)10-8(11)4-3-5-9(10)13-2/h3-5,7,12H,6H2,1-2H3. The van der Waals surface area contributed by atoms with Crippen LogP contribution in [0.3, 0.4) is 0 Å². The van der Waals surface area contributed by atoms with Crippen LogP contribution in [-0.2, 0) is 0 Å². The predicted octanol–water partition coefficient (Wildman–Crippen LogP) is 2.55. The molecule has 0 aliphatic carbocycles. The summed E-state index contributed by atoms with van der Waals surface area (Å²) in [6, 6.07) is 5.76. The van der Waals surface area contributed by atoms with E-state index in [9.17, 15) is 0 Å². The summed E-state index contributed by atoms with van der Waals surface area (Å²) >= 11 is 3.44. The number of rotatable bonds is 3. The van der Waals surface area contributed by atoms with Crippen LogP contribution in [0.25, 0.3) is 0 Å². The Kier molecular flexibility index (Phi) is 3.75. The van der Waals surface area contributed by atoms with Gasteiger partial charge in [-0.05, 0) is 12.1 Å². The first-order valence-electron chi connectivity index (χ1n) is 4.14. The molecule has 1 aromatic carbocycles. The molecule has 13 heavy (non-hydrogen) atoms. The Morgan fingerprint density at radius 3 is 2.77 bits per heavy atom. The van der Waals surface area contributed by atoms with Gasteiger partial charge in [0.15, 0.2) is 0 Å². The van der Waals surface area contributed by atoms with E-state index in [1.165, 1.54) is 0 Å². The number of aliphatic hydroxyl groups is 1. The summed E-state index contributed by atoms with van der Waals surface area (Å²) < 4.78 is 6.19. The van der Waals surface area contributed by atoms with E-state index in [0.29, 0.717) is 0 Å². The summed E-state index contributed by atoms with van der Waals surface area (Å²) in [6.07, 6.45) is 0. The highest BCUT2D eigenvalue weighted by atomic mass is 79.9. The minimum absolute atomic E-state index is 0.0884. The molecule has 0 fully saturated rings. The van der Waals surface area contributed by atoms with Crippen LogP contribution in [0.1, 0.15) is 18.4 Å². The average molecular weight is 245 g/mol. The van der Waals surface area contributed by atoms with Gasteiger partial charge in [0.1, 0.15) is 5.75 Å². The Morgan fingerprint density at radius 1 is 1.54 bits per heavy atom. The maximum absolute atomic E-state index is 9.06. The van der Waals surface area contributed by atoms with E-state index in [0.717, 1.165) is 15.8 Å². The van der Waals surface area contributed by atoms with Gasteiger partial charge in [-0.1, -0.05) is 28.9 Å². The van der Waals surface area contributed by atoms with Crippen LogP contribution in [0.5, 0.6) is 5.75 Å². The highest BCUT2D eigenvalue weighted by Crippen LogP contribution is 2.32. The number of hydrogen-bond donors (Lipinski definition) is 1. The molecule has 72 valence electrons. The van der Waals surface area contributed by atoms with Crippen LogP contribution in [-0.4, -0.2) is 18.8 Å². The van der Waals surface area contributed by atoms with E-state index in [2.05, 4.69) is 15.9 Å². The molecular weight excluding hydrogens is 232 g/mol. The molecule has 0 saturated heterocycles. The smallest absolute Gasteiger partial charge is 0.123 e. The van der Waals surface area contributed by atoms with E-state index < -0.39 is 0 Å². The molecule has 2 nitrogen and oxygen atoms in total. The Bertz CT molecular complexity index is 286. The molecule has 0 spiro atoms. The van der Waals surface area contributed by atoms with Crippen molar-refractivity contribution in [3.05, 3.63) is 28.2 Å². The third-order valence-corrected chi connectivity index (χ3v) is 2.69. The fourth-order valence-corrected chi connectivity index (χ4v) is 2.00. The molecule has 0 bridgehead atoms. The van der Waals surface area contributed by atoms with Crippen molar-refractivity contribution < 1.29 is 9.84 Å². The fourth-order valence-electron chi connectivity index (χ4n) is 1.26. The molecule has 1 N–H and O–H groups in total. The summed E-state index contributed by atoms with van der Waals surface area (Å²) in [5.74, 6) is 0.904. The quantitative estimate of drug-likeness (QED) is 0.886. The van der Waals surface area contributed by atoms with Gasteiger partial charge in [0.25, 0.3) is 0 Å². The van der Waals surface area contributed by atoms with Gasteiger partial charge in [-0.25, -0.2) is 0 Å². The molecule has 3 heteroatoms. The van der Waals surface area contributed by atoms with Crippen LogP contribution in [0.4, 0.5) is 0 Å². The first-order valence-corrected chi connectivity index (χ1v) is 4.93. The molecule has 0 heterocycles. The highest BCUT2D eigenvalue weighted by molar-refractivity contribution is 9.10. The van der Waals surface area contributed by atoms with Crippen molar-refractivity contribution in [3.8, 4) is 5.75 Å². The lowest BCUT2D eigenvalue weighted by Gasteiger charge is -2.14. The van der Waals surface area contributed by atoms with Crippen LogP contribution in [0.15, 0.2) is 22.7 Å². The fraction of sp³-hybridized carbons (Fsp3) is 0.400. The topological polar surface area (TPSA) is 29.5 Å². The van der Waals surface area contributed by atoms with Gasteiger partial charge in [-0.3, -0.25) is 0 Å². The SMILES string of the molecule is COc1cccc(Br)c1C(C)CO. The Morgan fingerprint density at radius 2 is 2.23 bits per heavy atom. The number of aliphatic hydroxyl groups excluding tert-OH is 1. The van der Waals surface area contributed by atoms with Crippen molar-refractivity contribution in [2.24, 2.45) is 0 Å². The van der Waals surface area contributed by atoms with Gasteiger partial charge >= 0.3 is 0 Å². The third-order valence-electron chi connectivity index (χ3n) is 2.00. The molecule has 1 unspecified atom stereocenters. The molecular formula is C10H13BrO2. The van der Waals surface area contributed by atoms with Gasteiger partial charge in [0.05, 0.1) is 7.11 Å². The second-order valence-electron chi connectivity index (χ2n) is 2.94. The van der Waals surface area contributed by atoms with Gasteiger partial charge in [0.2, 0.25) is 0 Å². The van der Waals surface area contributed by atoms with E-state index in [4.69, 9.17) is 9.84 Å². The molecule has 0 aliphatic rings. The van der Waals surface area contributed by atoms with Crippen LogP contribution in [0.2, 0.25) is 0 Å². The van der Waals surface area contributed by atoms with E-state index >= 15 is 0 Å². The Labute approximate surface area is 86.7 Å². The van der Waals surface area contributed by atoms with Crippen molar-refractivity contribution in [1.29, 1.82) is 0 Å². The number of benzene rings is 1. The Hall–Kier alpha value is -0.540. The molecule has 0 aromatic heterocycles. The second-order valence-corrected chi connectivity index (χ2v) is 3.79. The maximum atomic E-state index is 9.06. The number of hydrogen-bond acceptors (Lipinski definition) is 2. The van der Waals surface area contributed by atoms with Gasteiger partial charge in [-0.2, -0.15) is 0 Å². The first kappa shape index (κ1) is 10.5. The number of halogens is 1. The zero-order chi connectivity index (χ0) is 9.84. The predicted molar refractivity (Wildman–Crippen MR) is 56.2 cm³/mol. The minimum Gasteiger partial charge on any atom is -0.496 e. The average Bonchev–Trinajstić information content (AvgIpc) is 2.16. The van der Waals surface area contributed by atoms with Crippen molar-refractivity contribution in [3.63, 3.8) is 0 Å². The van der Waals surface area contributed by atoms with Crippen molar-refractivity contribution in [2.75, 3.05) is 13.7 Å². The van der Waals surface area contributed by atoms with E-state index in [1.54, 1.807) is 7.11 Å². The molecule has 1 atom stereocenters. The van der Waals surface area contributed by atoms with Crippen LogP contribution >= 0.6 is 15.9 Å². The molecule has 0 aliphatic heterocycles. The van der Waals surface area contributed by atoms with Crippen LogP contribution in [0, 0.1) is 0 Å². The number of methoxy groups -OCH3 is 1. The lowest BCUT2D eigenvalue weighted by atomic mass is 10.0. The highest BCUT2D eigenvalue weighted by Gasteiger charge is 2.13. The van der Waals surface area contributed by atoms with Gasteiger partial charge < -0.3 is 9.84 Å². The maximum Gasteiger partial charge on any atom is 0.123 e. The van der Waals surface area contributed by atoms with Gasteiger partial charge in [-0.15, -0.1) is 0 Å². The first-order chi connectivity index (χ1) is 6.20. The summed E-state index contributed by atoms with van der Waals surface area (Å²) in [5.41, 5.74) is 1.02. The van der Waals surface area contributed by atoms with Gasteiger partial charge in [0, 0.05) is 22.6 Å². The molecule has 1 aromatic rings.